The van der Waals surface area contributed by atoms with Crippen LogP contribution in [0.5, 0.6) is 0 Å². The van der Waals surface area contributed by atoms with Crippen LogP contribution in [0.25, 0.3) is 0 Å². The van der Waals surface area contributed by atoms with E-state index in [-0.39, 0.29) is 6.67 Å². The number of nitrogens with zero attached hydrogens (tertiary/aromatic N) is 1. The molecule has 0 aromatic heterocycles. The van der Waals surface area contributed by atoms with E-state index in [0.29, 0.717) is 12.6 Å². The van der Waals surface area contributed by atoms with E-state index in [1.807, 2.05) is 0 Å². The number of fused-ring (bicyclic) bond motifs is 2. The zero-order valence-electron chi connectivity index (χ0n) is 7.43. The summed E-state index contributed by atoms with van der Waals surface area (Å²) in [5.41, 5.74) is 0. The second-order valence-corrected chi connectivity index (χ2v) is 3.89. The third kappa shape index (κ3) is 1.62. The van der Waals surface area contributed by atoms with Gasteiger partial charge in [-0.1, -0.05) is 0 Å². The zero-order chi connectivity index (χ0) is 8.39. The Morgan fingerprint density at radius 1 is 1.33 bits per heavy atom. The minimum absolute atomic E-state index is 0.229. The normalized spacial score (nSPS) is 40.2. The van der Waals surface area contributed by atoms with Crippen molar-refractivity contribution in [1.29, 1.82) is 0 Å². The summed E-state index contributed by atoms with van der Waals surface area (Å²) >= 11 is 0. The molecule has 2 heterocycles. The second kappa shape index (κ2) is 3.71. The Morgan fingerprint density at radius 2 is 2.17 bits per heavy atom. The van der Waals surface area contributed by atoms with Gasteiger partial charge in [0.2, 0.25) is 0 Å². The van der Waals surface area contributed by atoms with Crippen LogP contribution in [0, 0.1) is 5.92 Å². The number of rotatable bonds is 3. The van der Waals surface area contributed by atoms with Crippen molar-refractivity contribution in [2.45, 2.75) is 18.9 Å². The molecule has 0 radical (unpaired) electrons. The Kier molecular flexibility index (Phi) is 2.61. The molecule has 1 N–H and O–H groups in total. The van der Waals surface area contributed by atoms with Crippen molar-refractivity contribution in [3.05, 3.63) is 0 Å². The molecule has 3 heteroatoms. The lowest BCUT2D eigenvalue weighted by molar-refractivity contribution is 0.218. The molecule has 0 saturated carbocycles. The van der Waals surface area contributed by atoms with Gasteiger partial charge in [0.25, 0.3) is 0 Å². The van der Waals surface area contributed by atoms with Crippen LogP contribution in [0.2, 0.25) is 0 Å². The number of hydrogen-bond acceptors (Lipinski definition) is 2. The summed E-state index contributed by atoms with van der Waals surface area (Å²) in [4.78, 5) is 2.51. The summed E-state index contributed by atoms with van der Waals surface area (Å²) in [6.45, 7) is 4.02. The molecule has 0 aromatic carbocycles. The van der Waals surface area contributed by atoms with Crippen LogP contribution in [0.15, 0.2) is 0 Å². The smallest absolute Gasteiger partial charge is 0.102 e. The van der Waals surface area contributed by atoms with E-state index in [0.717, 1.165) is 5.92 Å². The first-order valence-corrected chi connectivity index (χ1v) is 4.92. The SMILES string of the molecule is FCCNC1CCN2CCC1C2. The van der Waals surface area contributed by atoms with Gasteiger partial charge in [0.15, 0.2) is 0 Å². The van der Waals surface area contributed by atoms with Crippen molar-refractivity contribution in [3.8, 4) is 0 Å². The summed E-state index contributed by atoms with van der Waals surface area (Å²) in [6.07, 6.45) is 2.52. The first-order chi connectivity index (χ1) is 5.90. The van der Waals surface area contributed by atoms with Crippen LogP contribution >= 0.6 is 0 Å². The lowest BCUT2D eigenvalue weighted by Crippen LogP contribution is -2.44. The average molecular weight is 172 g/mol. The number of halogens is 1. The minimum Gasteiger partial charge on any atom is -0.311 e. The van der Waals surface area contributed by atoms with Crippen molar-refractivity contribution < 1.29 is 4.39 Å². The van der Waals surface area contributed by atoms with Crippen molar-refractivity contribution in [1.82, 2.24) is 10.2 Å². The standard InChI is InChI=1S/C9H17FN2/c10-3-4-11-9-2-6-12-5-1-8(9)7-12/h8-9,11H,1-7H2. The molecule has 2 nitrogen and oxygen atoms in total. The molecule has 70 valence electrons. The Bertz CT molecular complexity index is 151. The Labute approximate surface area is 73.1 Å². The van der Waals surface area contributed by atoms with E-state index in [4.69, 9.17) is 0 Å². The van der Waals surface area contributed by atoms with Gasteiger partial charge in [-0.3, -0.25) is 0 Å². The first kappa shape index (κ1) is 8.45. The summed E-state index contributed by atoms with van der Waals surface area (Å²) in [5, 5.41) is 3.30. The lowest BCUT2D eigenvalue weighted by atomic mass is 9.94. The fourth-order valence-corrected chi connectivity index (χ4v) is 2.46. The molecule has 0 aromatic rings. The second-order valence-electron chi connectivity index (χ2n) is 3.89. The minimum atomic E-state index is -0.229. The largest absolute Gasteiger partial charge is 0.311 e. The lowest BCUT2D eigenvalue weighted by Gasteiger charge is -2.30. The van der Waals surface area contributed by atoms with Gasteiger partial charge in [-0.15, -0.1) is 0 Å². The summed E-state index contributed by atoms with van der Waals surface area (Å²) < 4.78 is 11.9. The third-order valence-electron chi connectivity index (χ3n) is 3.14. The molecule has 2 aliphatic rings. The molecule has 2 aliphatic heterocycles. The number of alkyl halides is 1. The summed E-state index contributed by atoms with van der Waals surface area (Å²) in [5.74, 6) is 0.797. The highest BCUT2D eigenvalue weighted by Gasteiger charge is 2.33. The van der Waals surface area contributed by atoms with Crippen molar-refractivity contribution >= 4 is 0 Å². The molecule has 3 atom stereocenters. The fraction of sp³-hybridized carbons (Fsp3) is 1.00. The quantitative estimate of drug-likeness (QED) is 0.672. The van der Waals surface area contributed by atoms with Crippen molar-refractivity contribution in [2.24, 2.45) is 5.92 Å². The molecular weight excluding hydrogens is 155 g/mol. The highest BCUT2D eigenvalue weighted by atomic mass is 19.1. The first-order valence-electron chi connectivity index (χ1n) is 4.92. The van der Waals surface area contributed by atoms with Gasteiger partial charge in [0, 0.05) is 19.1 Å². The maximum atomic E-state index is 11.9. The molecule has 2 saturated heterocycles. The summed E-state index contributed by atoms with van der Waals surface area (Å²) in [6, 6.07) is 0.597. The van der Waals surface area contributed by atoms with Crippen LogP contribution in [-0.2, 0) is 0 Å². The molecule has 2 rings (SSSR count). The van der Waals surface area contributed by atoms with E-state index in [9.17, 15) is 4.39 Å². The topological polar surface area (TPSA) is 15.3 Å². The Morgan fingerprint density at radius 3 is 3.00 bits per heavy atom. The van der Waals surface area contributed by atoms with Crippen LogP contribution in [0.3, 0.4) is 0 Å². The molecule has 0 aliphatic carbocycles. The van der Waals surface area contributed by atoms with Crippen LogP contribution in [-0.4, -0.2) is 43.8 Å². The van der Waals surface area contributed by atoms with Crippen LogP contribution in [0.4, 0.5) is 4.39 Å². The van der Waals surface area contributed by atoms with E-state index in [1.165, 1.54) is 32.5 Å². The number of piperidine rings is 1. The highest BCUT2D eigenvalue weighted by Crippen LogP contribution is 2.26. The Balaban J connectivity index is 1.81. The summed E-state index contributed by atoms with van der Waals surface area (Å²) in [7, 11) is 0. The molecule has 3 unspecified atom stereocenters. The van der Waals surface area contributed by atoms with Gasteiger partial charge in [-0.2, -0.15) is 0 Å². The number of nitrogens with one attached hydrogen (secondary N) is 1. The molecule has 2 fully saturated rings. The molecule has 2 bridgehead atoms. The van der Waals surface area contributed by atoms with Gasteiger partial charge < -0.3 is 10.2 Å². The monoisotopic (exact) mass is 172 g/mol. The maximum Gasteiger partial charge on any atom is 0.102 e. The predicted octanol–water partition coefficient (Wildman–Crippen LogP) is 0.640. The third-order valence-corrected chi connectivity index (χ3v) is 3.14. The molecule has 0 spiro atoms. The van der Waals surface area contributed by atoms with Crippen molar-refractivity contribution in [2.75, 3.05) is 32.9 Å². The zero-order valence-corrected chi connectivity index (χ0v) is 7.43. The number of hydrogen-bond donors (Lipinski definition) is 1. The van der Waals surface area contributed by atoms with E-state index < -0.39 is 0 Å². The molecule has 0 amide bonds. The van der Waals surface area contributed by atoms with Crippen molar-refractivity contribution in [3.63, 3.8) is 0 Å². The van der Waals surface area contributed by atoms with Gasteiger partial charge in [0.1, 0.15) is 6.67 Å². The van der Waals surface area contributed by atoms with E-state index >= 15 is 0 Å². The van der Waals surface area contributed by atoms with E-state index in [1.54, 1.807) is 0 Å². The van der Waals surface area contributed by atoms with Gasteiger partial charge in [-0.05, 0) is 31.8 Å². The Hall–Kier alpha value is -0.150. The highest BCUT2D eigenvalue weighted by molar-refractivity contribution is 4.90. The molecule has 12 heavy (non-hydrogen) atoms. The van der Waals surface area contributed by atoms with Gasteiger partial charge >= 0.3 is 0 Å². The van der Waals surface area contributed by atoms with Crippen LogP contribution in [0.1, 0.15) is 12.8 Å². The fourth-order valence-electron chi connectivity index (χ4n) is 2.46. The maximum absolute atomic E-state index is 11.9. The van der Waals surface area contributed by atoms with Crippen LogP contribution < -0.4 is 5.32 Å². The molecular formula is C9H17FN2. The average Bonchev–Trinajstić information content (AvgIpc) is 2.48. The van der Waals surface area contributed by atoms with Gasteiger partial charge in [0.05, 0.1) is 0 Å². The van der Waals surface area contributed by atoms with E-state index in [2.05, 4.69) is 10.2 Å². The predicted molar refractivity (Wildman–Crippen MR) is 46.9 cm³/mol. The van der Waals surface area contributed by atoms with Gasteiger partial charge in [-0.25, -0.2) is 4.39 Å².